The Bertz CT molecular complexity index is 874. The maximum Gasteiger partial charge on any atom is 0.253 e. The minimum absolute atomic E-state index is 0.0102. The van der Waals surface area contributed by atoms with Crippen LogP contribution >= 0.6 is 11.6 Å². The summed E-state index contributed by atoms with van der Waals surface area (Å²) in [7, 11) is 0. The number of para-hydroxylation sites is 1. The fourth-order valence-corrected chi connectivity index (χ4v) is 4.34. The van der Waals surface area contributed by atoms with Crippen LogP contribution in [0.4, 0.5) is 5.69 Å². The molecule has 1 aliphatic carbocycles. The minimum atomic E-state index is -0.0102. The van der Waals surface area contributed by atoms with Crippen molar-refractivity contribution in [2.75, 3.05) is 5.32 Å². The molecule has 1 heterocycles. The highest BCUT2D eigenvalue weighted by Crippen LogP contribution is 2.50. The summed E-state index contributed by atoms with van der Waals surface area (Å²) >= 11 is 6.09. The third-order valence-electron chi connectivity index (χ3n) is 5.86. The quantitative estimate of drug-likeness (QED) is 0.668. The molecule has 27 heavy (non-hydrogen) atoms. The topological polar surface area (TPSA) is 41.1 Å². The van der Waals surface area contributed by atoms with Gasteiger partial charge in [-0.15, -0.1) is 0 Å². The number of hydrogen-bond acceptors (Lipinski definition) is 2. The number of hydrogen-bond donors (Lipinski definition) is 2. The van der Waals surface area contributed by atoms with Crippen molar-refractivity contribution in [3.8, 4) is 0 Å². The van der Waals surface area contributed by atoms with Crippen LogP contribution in [0.3, 0.4) is 0 Å². The van der Waals surface area contributed by atoms with Crippen molar-refractivity contribution in [3.05, 3.63) is 76.3 Å². The molecule has 0 radical (unpaired) electrons. The lowest BCUT2D eigenvalue weighted by Gasteiger charge is -2.38. The molecule has 0 saturated heterocycles. The highest BCUT2D eigenvalue weighted by Gasteiger charge is 2.39. The van der Waals surface area contributed by atoms with E-state index in [2.05, 4.69) is 47.9 Å². The van der Waals surface area contributed by atoms with Gasteiger partial charge in [0.1, 0.15) is 0 Å². The zero-order valence-electron chi connectivity index (χ0n) is 15.7. The normalized spacial score (nSPS) is 23.9. The van der Waals surface area contributed by atoms with E-state index in [0.717, 1.165) is 29.1 Å². The molecule has 0 aromatic heterocycles. The van der Waals surface area contributed by atoms with Crippen molar-refractivity contribution in [1.82, 2.24) is 5.32 Å². The lowest BCUT2D eigenvalue weighted by molar-refractivity contribution is 0.0939. The number of fused-ring (bicyclic) bond motifs is 3. The number of amides is 1. The summed E-state index contributed by atoms with van der Waals surface area (Å²) in [6.45, 7) is 4.11. The highest BCUT2D eigenvalue weighted by molar-refractivity contribution is 6.30. The van der Waals surface area contributed by atoms with Gasteiger partial charge in [-0.25, -0.2) is 0 Å². The molecule has 4 rings (SSSR count). The van der Waals surface area contributed by atoms with Crippen LogP contribution in [0.15, 0.2) is 54.6 Å². The molecule has 1 aliphatic heterocycles. The highest BCUT2D eigenvalue weighted by atomic mass is 35.5. The summed E-state index contributed by atoms with van der Waals surface area (Å²) < 4.78 is 0. The monoisotopic (exact) mass is 380 g/mol. The van der Waals surface area contributed by atoms with Crippen LogP contribution in [-0.2, 0) is 0 Å². The van der Waals surface area contributed by atoms with Crippen LogP contribution in [0.2, 0.25) is 5.02 Å². The van der Waals surface area contributed by atoms with E-state index < -0.39 is 0 Å². The van der Waals surface area contributed by atoms with Crippen molar-refractivity contribution >= 4 is 23.2 Å². The lowest BCUT2D eigenvalue weighted by atomic mass is 9.76. The zero-order chi connectivity index (χ0) is 19.0. The summed E-state index contributed by atoms with van der Waals surface area (Å²) in [5.41, 5.74) is 4.12. The number of carbonyl (C=O) groups excluding carboxylic acids is 1. The van der Waals surface area contributed by atoms with Crippen molar-refractivity contribution in [3.63, 3.8) is 0 Å². The van der Waals surface area contributed by atoms with Gasteiger partial charge < -0.3 is 10.6 Å². The van der Waals surface area contributed by atoms with Gasteiger partial charge in [0.05, 0.1) is 17.3 Å². The second-order valence-corrected chi connectivity index (χ2v) is 8.02. The first-order valence-electron chi connectivity index (χ1n) is 9.71. The fraction of sp³-hybridized carbons (Fsp3) is 0.348. The molecule has 4 atom stereocenters. The molecule has 140 valence electrons. The first kappa shape index (κ1) is 18.1. The molecular weight excluding hydrogens is 356 g/mol. The van der Waals surface area contributed by atoms with Crippen molar-refractivity contribution < 1.29 is 4.79 Å². The first-order valence-corrected chi connectivity index (χ1v) is 10.1. The number of halogens is 1. The van der Waals surface area contributed by atoms with E-state index in [1.165, 1.54) is 11.1 Å². The van der Waals surface area contributed by atoms with Gasteiger partial charge >= 0.3 is 0 Å². The fourth-order valence-electron chi connectivity index (χ4n) is 4.21. The minimum Gasteiger partial charge on any atom is -0.377 e. The molecule has 2 aromatic rings. The van der Waals surface area contributed by atoms with Crippen LogP contribution < -0.4 is 10.6 Å². The number of anilines is 1. The summed E-state index contributed by atoms with van der Waals surface area (Å²) in [6.07, 6.45) is 6.51. The smallest absolute Gasteiger partial charge is 0.253 e. The summed E-state index contributed by atoms with van der Waals surface area (Å²) in [4.78, 5) is 12.9. The lowest BCUT2D eigenvalue weighted by Crippen LogP contribution is -2.35. The van der Waals surface area contributed by atoms with E-state index in [9.17, 15) is 4.79 Å². The van der Waals surface area contributed by atoms with Crippen LogP contribution in [0, 0.1) is 5.92 Å². The van der Waals surface area contributed by atoms with E-state index in [0.29, 0.717) is 11.8 Å². The van der Waals surface area contributed by atoms with Crippen LogP contribution in [0.5, 0.6) is 0 Å². The Balaban J connectivity index is 1.74. The predicted molar refractivity (Wildman–Crippen MR) is 111 cm³/mol. The Morgan fingerprint density at radius 1 is 1.26 bits per heavy atom. The maximum absolute atomic E-state index is 12.9. The molecular formula is C23H25ClN2O. The Morgan fingerprint density at radius 3 is 2.78 bits per heavy atom. The zero-order valence-corrected chi connectivity index (χ0v) is 16.5. The predicted octanol–water partition coefficient (Wildman–Crippen LogP) is 5.69. The maximum atomic E-state index is 12.9. The average molecular weight is 381 g/mol. The third-order valence-corrected chi connectivity index (χ3v) is 6.11. The van der Waals surface area contributed by atoms with Gasteiger partial charge in [0.2, 0.25) is 0 Å². The van der Waals surface area contributed by atoms with E-state index in [4.69, 9.17) is 11.6 Å². The number of rotatable bonds is 4. The standard InChI is InChI=1S/C23H25ClN2O/c1-3-14(2)25-23(27)20-9-5-8-19-17-6-4-7-18(17)21(26-22(19)20)15-10-12-16(24)13-11-15/h4-6,8-14,17-18,21,26H,3,7H2,1-2H3,(H,25,27). The second kappa shape index (κ2) is 7.40. The summed E-state index contributed by atoms with van der Waals surface area (Å²) in [5, 5.41) is 7.54. The van der Waals surface area contributed by atoms with Gasteiger partial charge in [0, 0.05) is 17.0 Å². The van der Waals surface area contributed by atoms with Gasteiger partial charge in [-0.3, -0.25) is 4.79 Å². The Labute approximate surface area is 165 Å². The molecule has 4 heteroatoms. The van der Waals surface area contributed by atoms with E-state index in [1.54, 1.807) is 0 Å². The summed E-state index contributed by atoms with van der Waals surface area (Å²) in [6, 6.07) is 14.4. The molecule has 0 saturated carbocycles. The second-order valence-electron chi connectivity index (χ2n) is 7.58. The van der Waals surface area contributed by atoms with Crippen molar-refractivity contribution in [2.45, 2.75) is 44.7 Å². The number of nitrogens with one attached hydrogen (secondary N) is 2. The van der Waals surface area contributed by atoms with Crippen LogP contribution in [0.25, 0.3) is 0 Å². The molecule has 0 bridgehead atoms. The first-order chi connectivity index (χ1) is 13.1. The Morgan fingerprint density at radius 2 is 2.04 bits per heavy atom. The molecule has 2 N–H and O–H groups in total. The van der Waals surface area contributed by atoms with E-state index in [1.807, 2.05) is 31.2 Å². The summed E-state index contributed by atoms with van der Waals surface area (Å²) in [5.74, 6) is 0.772. The molecule has 0 spiro atoms. The molecule has 2 aromatic carbocycles. The molecule has 0 fully saturated rings. The largest absolute Gasteiger partial charge is 0.377 e. The third kappa shape index (κ3) is 3.37. The van der Waals surface area contributed by atoms with Gasteiger partial charge in [0.15, 0.2) is 0 Å². The van der Waals surface area contributed by atoms with E-state index in [-0.39, 0.29) is 18.0 Å². The van der Waals surface area contributed by atoms with Crippen molar-refractivity contribution in [1.29, 1.82) is 0 Å². The Kier molecular flexibility index (Phi) is 4.96. The van der Waals surface area contributed by atoms with Gasteiger partial charge in [-0.1, -0.05) is 54.9 Å². The molecule has 2 aliphatic rings. The van der Waals surface area contributed by atoms with Gasteiger partial charge in [0.25, 0.3) is 5.91 Å². The SMILES string of the molecule is CCC(C)NC(=O)c1cccc2c1NC(c1ccc(Cl)cc1)C1CC=CC21. The van der Waals surface area contributed by atoms with E-state index >= 15 is 0 Å². The number of allylic oxidation sites excluding steroid dienone is 2. The average Bonchev–Trinajstić information content (AvgIpc) is 3.17. The van der Waals surface area contributed by atoms with Crippen LogP contribution in [0.1, 0.15) is 60.1 Å². The molecule has 4 unspecified atom stereocenters. The number of carbonyl (C=O) groups is 1. The Hall–Kier alpha value is -2.26. The molecule has 3 nitrogen and oxygen atoms in total. The number of benzene rings is 2. The van der Waals surface area contributed by atoms with Gasteiger partial charge in [-0.05, 0) is 55.0 Å². The van der Waals surface area contributed by atoms with Crippen LogP contribution in [-0.4, -0.2) is 11.9 Å². The van der Waals surface area contributed by atoms with Crippen molar-refractivity contribution in [2.24, 2.45) is 5.92 Å². The molecule has 1 amide bonds. The van der Waals surface area contributed by atoms with Gasteiger partial charge in [-0.2, -0.15) is 0 Å².